The maximum absolute atomic E-state index is 13.4. The second-order valence-electron chi connectivity index (χ2n) is 8.49. The molecule has 0 saturated heterocycles. The number of pyridine rings is 1. The lowest BCUT2D eigenvalue weighted by Crippen LogP contribution is -2.24. The predicted octanol–water partition coefficient (Wildman–Crippen LogP) is 3.60. The minimum Gasteiger partial charge on any atom is -0.393 e. The van der Waals surface area contributed by atoms with E-state index in [1.165, 1.54) is 0 Å². The van der Waals surface area contributed by atoms with E-state index < -0.39 is 0 Å². The van der Waals surface area contributed by atoms with Crippen LogP contribution in [-0.4, -0.2) is 48.5 Å². The summed E-state index contributed by atoms with van der Waals surface area (Å²) in [4.78, 5) is 22.6. The van der Waals surface area contributed by atoms with Crippen LogP contribution >= 0.6 is 0 Å². The Morgan fingerprint density at radius 2 is 1.91 bits per heavy atom. The number of aliphatic hydroxyl groups is 1. The summed E-state index contributed by atoms with van der Waals surface area (Å²) in [5.74, 6) is 0.857. The minimum absolute atomic E-state index is 0.173. The Morgan fingerprint density at radius 1 is 1.12 bits per heavy atom. The van der Waals surface area contributed by atoms with Gasteiger partial charge in [0, 0.05) is 37.5 Å². The fourth-order valence-electron chi connectivity index (χ4n) is 4.48. The first kappa shape index (κ1) is 21.1. The lowest BCUT2D eigenvalue weighted by Gasteiger charge is -2.28. The Kier molecular flexibility index (Phi) is 5.55. The quantitative estimate of drug-likeness (QED) is 0.433. The summed E-state index contributed by atoms with van der Waals surface area (Å²) < 4.78 is 3.81. The number of para-hydroxylation sites is 2. The Balaban J connectivity index is 1.50. The van der Waals surface area contributed by atoms with Crippen LogP contribution in [0.1, 0.15) is 42.1 Å². The number of aryl methyl sites for hydroxylation is 1. The van der Waals surface area contributed by atoms with Crippen molar-refractivity contribution in [2.45, 2.75) is 37.8 Å². The molecule has 170 valence electrons. The molecule has 1 amide bonds. The van der Waals surface area contributed by atoms with E-state index in [1.807, 2.05) is 37.5 Å². The summed E-state index contributed by atoms with van der Waals surface area (Å²) in [6.07, 6.45) is 6.50. The number of nitrogens with one attached hydrogen (secondary N) is 2. The number of hydrogen-bond acceptors (Lipinski definition) is 6. The number of nitrogens with zero attached hydrogens (tertiary/aromatic N) is 5. The van der Waals surface area contributed by atoms with Crippen LogP contribution in [0.5, 0.6) is 0 Å². The molecule has 5 rings (SSSR count). The second-order valence-corrected chi connectivity index (χ2v) is 8.49. The molecule has 9 nitrogen and oxygen atoms in total. The third-order valence-corrected chi connectivity index (χ3v) is 6.20. The molecule has 33 heavy (non-hydrogen) atoms. The average Bonchev–Trinajstić information content (AvgIpc) is 3.42. The number of anilines is 2. The van der Waals surface area contributed by atoms with Gasteiger partial charge in [0.1, 0.15) is 5.82 Å². The molecule has 3 aromatic heterocycles. The topological polar surface area (TPSA) is 110 Å². The molecule has 3 N–H and O–H groups in total. The highest BCUT2D eigenvalue weighted by Gasteiger charge is 2.26. The standard InChI is InChI=1S/C24H27N7O2/c1-25-22-12-15(11-20(27-22)16-13-26-30(2)14-16)23(33)29-24-28-19-5-3-4-6-21(19)31(24)17-7-9-18(32)10-8-17/h3-6,11-14,17-18,32H,7-10H2,1-2H3,(H,25,27)(H,28,29,33). The molecule has 1 aliphatic rings. The molecule has 0 unspecified atom stereocenters. The van der Waals surface area contributed by atoms with E-state index in [9.17, 15) is 9.90 Å². The summed E-state index contributed by atoms with van der Waals surface area (Å²) in [5.41, 5.74) is 3.79. The molecule has 1 aromatic carbocycles. The van der Waals surface area contributed by atoms with Crippen LogP contribution in [0.4, 0.5) is 11.8 Å². The molecular formula is C24H27N7O2. The van der Waals surface area contributed by atoms with Crippen LogP contribution in [0.15, 0.2) is 48.8 Å². The number of imidazole rings is 1. The van der Waals surface area contributed by atoms with Crippen LogP contribution < -0.4 is 10.6 Å². The highest BCUT2D eigenvalue weighted by molar-refractivity contribution is 6.05. The average molecular weight is 446 g/mol. The number of amides is 1. The van der Waals surface area contributed by atoms with E-state index >= 15 is 0 Å². The predicted molar refractivity (Wildman–Crippen MR) is 127 cm³/mol. The molecule has 0 spiro atoms. The minimum atomic E-state index is -0.258. The van der Waals surface area contributed by atoms with Gasteiger partial charge in [0.15, 0.2) is 0 Å². The van der Waals surface area contributed by atoms with Crippen molar-refractivity contribution < 1.29 is 9.90 Å². The van der Waals surface area contributed by atoms with Crippen molar-refractivity contribution in [3.05, 3.63) is 54.4 Å². The molecule has 1 fully saturated rings. The van der Waals surface area contributed by atoms with Gasteiger partial charge in [-0.1, -0.05) is 12.1 Å². The van der Waals surface area contributed by atoms with Crippen molar-refractivity contribution in [2.75, 3.05) is 17.7 Å². The number of carbonyl (C=O) groups excluding carboxylic acids is 1. The summed E-state index contributed by atoms with van der Waals surface area (Å²) in [5, 5.41) is 20.2. The van der Waals surface area contributed by atoms with Gasteiger partial charge < -0.3 is 15.0 Å². The van der Waals surface area contributed by atoms with Gasteiger partial charge in [0.25, 0.3) is 5.91 Å². The van der Waals surface area contributed by atoms with E-state index in [-0.39, 0.29) is 18.1 Å². The summed E-state index contributed by atoms with van der Waals surface area (Å²) in [7, 11) is 3.61. The molecule has 0 aliphatic heterocycles. The van der Waals surface area contributed by atoms with Crippen molar-refractivity contribution >= 4 is 28.7 Å². The monoisotopic (exact) mass is 445 g/mol. The van der Waals surface area contributed by atoms with Crippen LogP contribution in [0.3, 0.4) is 0 Å². The van der Waals surface area contributed by atoms with E-state index in [0.717, 1.165) is 42.3 Å². The molecule has 0 radical (unpaired) electrons. The largest absolute Gasteiger partial charge is 0.393 e. The van der Waals surface area contributed by atoms with Crippen LogP contribution in [0.25, 0.3) is 22.3 Å². The number of aliphatic hydroxyl groups excluding tert-OH is 1. The highest BCUT2D eigenvalue weighted by Crippen LogP contribution is 2.34. The van der Waals surface area contributed by atoms with Gasteiger partial charge in [0.2, 0.25) is 5.95 Å². The zero-order valence-electron chi connectivity index (χ0n) is 18.7. The number of benzene rings is 1. The fourth-order valence-corrected chi connectivity index (χ4v) is 4.48. The summed E-state index contributed by atoms with van der Waals surface area (Å²) in [6.45, 7) is 0. The zero-order chi connectivity index (χ0) is 22.9. The number of rotatable bonds is 5. The Hall–Kier alpha value is -3.72. The van der Waals surface area contributed by atoms with E-state index in [2.05, 4.69) is 25.3 Å². The van der Waals surface area contributed by atoms with Crippen molar-refractivity contribution in [1.82, 2.24) is 24.3 Å². The van der Waals surface area contributed by atoms with E-state index in [0.29, 0.717) is 23.0 Å². The summed E-state index contributed by atoms with van der Waals surface area (Å²) in [6, 6.07) is 11.5. The Morgan fingerprint density at radius 3 is 2.64 bits per heavy atom. The number of hydrogen-bond donors (Lipinski definition) is 3. The van der Waals surface area contributed by atoms with Gasteiger partial charge in [0.05, 0.1) is 29.0 Å². The molecule has 4 aromatic rings. The molecule has 3 heterocycles. The fraction of sp³-hybridized carbons (Fsp3) is 0.333. The first-order chi connectivity index (χ1) is 16.0. The smallest absolute Gasteiger partial charge is 0.258 e. The highest BCUT2D eigenvalue weighted by atomic mass is 16.3. The molecule has 0 bridgehead atoms. The maximum atomic E-state index is 13.4. The SMILES string of the molecule is CNc1cc(C(=O)Nc2nc3ccccc3n2C2CCC(O)CC2)cc(-c2cnn(C)c2)n1. The van der Waals surface area contributed by atoms with Crippen LogP contribution in [0.2, 0.25) is 0 Å². The van der Waals surface area contributed by atoms with Gasteiger partial charge in [-0.25, -0.2) is 9.97 Å². The molecule has 9 heteroatoms. The maximum Gasteiger partial charge on any atom is 0.258 e. The molecule has 0 atom stereocenters. The van der Waals surface area contributed by atoms with E-state index in [4.69, 9.17) is 4.98 Å². The van der Waals surface area contributed by atoms with Crippen molar-refractivity contribution in [2.24, 2.45) is 7.05 Å². The lowest BCUT2D eigenvalue weighted by molar-refractivity contribution is 0.102. The Bertz CT molecular complexity index is 1300. The normalized spacial score (nSPS) is 18.4. The van der Waals surface area contributed by atoms with Gasteiger partial charge in [-0.15, -0.1) is 0 Å². The lowest BCUT2D eigenvalue weighted by atomic mass is 9.93. The summed E-state index contributed by atoms with van der Waals surface area (Å²) >= 11 is 0. The third kappa shape index (κ3) is 4.19. The van der Waals surface area contributed by atoms with Crippen LogP contribution in [0, 0.1) is 0 Å². The first-order valence-electron chi connectivity index (χ1n) is 11.2. The first-order valence-corrected chi connectivity index (χ1v) is 11.2. The van der Waals surface area contributed by atoms with Crippen molar-refractivity contribution in [3.8, 4) is 11.3 Å². The van der Waals surface area contributed by atoms with Gasteiger partial charge in [-0.05, 0) is 49.9 Å². The molecule has 1 saturated carbocycles. The van der Waals surface area contributed by atoms with Crippen molar-refractivity contribution in [3.63, 3.8) is 0 Å². The molecular weight excluding hydrogens is 418 g/mol. The number of fused-ring (bicyclic) bond motifs is 1. The number of carbonyl (C=O) groups is 1. The van der Waals surface area contributed by atoms with Crippen LogP contribution in [-0.2, 0) is 7.05 Å². The zero-order valence-corrected chi connectivity index (χ0v) is 18.7. The van der Waals surface area contributed by atoms with Gasteiger partial charge >= 0.3 is 0 Å². The second kappa shape index (κ2) is 8.67. The van der Waals surface area contributed by atoms with Gasteiger partial charge in [-0.3, -0.25) is 14.8 Å². The van der Waals surface area contributed by atoms with Crippen molar-refractivity contribution in [1.29, 1.82) is 0 Å². The number of aromatic nitrogens is 5. The molecule has 1 aliphatic carbocycles. The third-order valence-electron chi connectivity index (χ3n) is 6.20. The van der Waals surface area contributed by atoms with E-state index in [1.54, 1.807) is 30.1 Å². The Labute approximate surface area is 191 Å². The van der Waals surface area contributed by atoms with Gasteiger partial charge in [-0.2, -0.15) is 5.10 Å².